The Bertz CT molecular complexity index is 551. The van der Waals surface area contributed by atoms with Crippen LogP contribution < -0.4 is 26.4 Å². The van der Waals surface area contributed by atoms with E-state index in [2.05, 4.69) is 21.0 Å². The maximum absolute atomic E-state index is 5.72. The first-order valence-corrected chi connectivity index (χ1v) is 5.09. The number of fused-ring (bicyclic) bond motifs is 1. The number of nitrogens with zero attached hydrogens (tertiary/aromatic N) is 2. The summed E-state index contributed by atoms with van der Waals surface area (Å²) in [5, 5.41) is 8.43. The number of nitrogens with one attached hydrogen (secondary N) is 3. The van der Waals surface area contributed by atoms with Crippen LogP contribution in [-0.2, 0) is 0 Å². The molecule has 0 aliphatic carbocycles. The lowest BCUT2D eigenvalue weighted by Gasteiger charge is -2.19. The maximum Gasteiger partial charge on any atom is 0.195 e. The average Bonchev–Trinajstić information content (AvgIpc) is 2.92. The molecule has 0 saturated carbocycles. The second-order valence-corrected chi connectivity index (χ2v) is 3.62. The molecule has 0 amide bonds. The number of hydrogen-bond acceptors (Lipinski definition) is 6. The molecular formula is C10H12N6O. The molecule has 0 spiro atoms. The van der Waals surface area contributed by atoms with E-state index in [1.807, 2.05) is 24.3 Å². The number of hydrogen-bond donors (Lipinski definition) is 4. The second kappa shape index (κ2) is 3.48. The van der Waals surface area contributed by atoms with Gasteiger partial charge in [0.05, 0.1) is 12.8 Å². The van der Waals surface area contributed by atoms with Gasteiger partial charge in [0.2, 0.25) is 0 Å². The third kappa shape index (κ3) is 1.48. The van der Waals surface area contributed by atoms with E-state index in [0.29, 0.717) is 11.6 Å². The number of nitrogens with two attached hydrogens (primary N) is 1. The molecule has 0 fully saturated rings. The number of nitrogen functional groups attached to an aromatic ring is 1. The van der Waals surface area contributed by atoms with Gasteiger partial charge in [0.25, 0.3) is 0 Å². The Morgan fingerprint density at radius 1 is 1.35 bits per heavy atom. The first kappa shape index (κ1) is 9.64. The molecule has 2 heterocycles. The summed E-state index contributed by atoms with van der Waals surface area (Å²) in [6, 6.07) is 7.62. The predicted molar refractivity (Wildman–Crippen MR) is 65.7 cm³/mol. The minimum atomic E-state index is 0.498. The highest BCUT2D eigenvalue weighted by Crippen LogP contribution is 2.34. The van der Waals surface area contributed by atoms with Gasteiger partial charge in [0, 0.05) is 6.07 Å². The molecule has 1 aliphatic heterocycles. The summed E-state index contributed by atoms with van der Waals surface area (Å²) < 4.78 is 5.17. The van der Waals surface area contributed by atoms with E-state index >= 15 is 0 Å². The van der Waals surface area contributed by atoms with E-state index in [9.17, 15) is 0 Å². The summed E-state index contributed by atoms with van der Waals surface area (Å²) >= 11 is 0. The average molecular weight is 232 g/mol. The monoisotopic (exact) mass is 232 g/mol. The van der Waals surface area contributed by atoms with E-state index in [-0.39, 0.29) is 0 Å². The van der Waals surface area contributed by atoms with Crippen LogP contribution in [0.2, 0.25) is 0 Å². The molecule has 1 aromatic carbocycles. The number of rotatable bonds is 2. The molecule has 5 N–H and O–H groups in total. The topological polar surface area (TPSA) is 91.2 Å². The highest BCUT2D eigenvalue weighted by molar-refractivity contribution is 5.83. The molecule has 7 heteroatoms. The Morgan fingerprint density at radius 3 is 3.00 bits per heavy atom. The SMILES string of the molecule is COc1cccc(N2Nc3n[nH]c(N)c3N2)c1. The molecule has 88 valence electrons. The smallest absolute Gasteiger partial charge is 0.195 e. The summed E-state index contributed by atoms with van der Waals surface area (Å²) in [5.74, 6) is 1.95. The van der Waals surface area contributed by atoms with Gasteiger partial charge < -0.3 is 10.5 Å². The zero-order chi connectivity index (χ0) is 11.8. The lowest BCUT2D eigenvalue weighted by atomic mass is 10.3. The third-order valence-corrected chi connectivity index (χ3v) is 2.55. The van der Waals surface area contributed by atoms with E-state index in [0.717, 1.165) is 17.1 Å². The van der Waals surface area contributed by atoms with Crippen molar-refractivity contribution in [2.24, 2.45) is 0 Å². The molecule has 2 aromatic rings. The number of ether oxygens (including phenoxy) is 1. The van der Waals surface area contributed by atoms with Crippen LogP contribution in [0.15, 0.2) is 24.3 Å². The van der Waals surface area contributed by atoms with Crippen molar-refractivity contribution < 1.29 is 4.74 Å². The molecule has 0 bridgehead atoms. The molecule has 7 nitrogen and oxygen atoms in total. The second-order valence-electron chi connectivity index (χ2n) is 3.62. The summed E-state index contributed by atoms with van der Waals surface area (Å²) in [7, 11) is 1.63. The maximum atomic E-state index is 5.72. The van der Waals surface area contributed by atoms with E-state index in [1.54, 1.807) is 12.2 Å². The van der Waals surface area contributed by atoms with Crippen molar-refractivity contribution in [1.29, 1.82) is 0 Å². The van der Waals surface area contributed by atoms with Crippen LogP contribution in [0.25, 0.3) is 0 Å². The molecule has 17 heavy (non-hydrogen) atoms. The Morgan fingerprint density at radius 2 is 2.24 bits per heavy atom. The van der Waals surface area contributed by atoms with Crippen LogP contribution in [-0.4, -0.2) is 17.3 Å². The zero-order valence-electron chi connectivity index (χ0n) is 9.19. The Hall–Kier alpha value is -2.57. The van der Waals surface area contributed by atoms with Gasteiger partial charge in [-0.1, -0.05) is 6.07 Å². The largest absolute Gasteiger partial charge is 0.497 e. The molecular weight excluding hydrogens is 220 g/mol. The summed E-state index contributed by atoms with van der Waals surface area (Å²) in [6.07, 6.45) is 0. The van der Waals surface area contributed by atoms with Crippen LogP contribution >= 0.6 is 0 Å². The van der Waals surface area contributed by atoms with Gasteiger partial charge in [0.1, 0.15) is 17.3 Å². The molecule has 1 aliphatic rings. The number of aromatic nitrogens is 2. The first-order valence-electron chi connectivity index (χ1n) is 5.09. The van der Waals surface area contributed by atoms with Crippen molar-refractivity contribution in [2.45, 2.75) is 0 Å². The van der Waals surface area contributed by atoms with Gasteiger partial charge in [-0.3, -0.25) is 16.0 Å². The highest BCUT2D eigenvalue weighted by atomic mass is 16.5. The number of methoxy groups -OCH3 is 1. The van der Waals surface area contributed by atoms with Gasteiger partial charge >= 0.3 is 0 Å². The van der Waals surface area contributed by atoms with Gasteiger partial charge in [-0.15, -0.1) is 0 Å². The van der Waals surface area contributed by atoms with Crippen molar-refractivity contribution in [2.75, 3.05) is 28.8 Å². The zero-order valence-corrected chi connectivity index (χ0v) is 9.19. The molecule has 0 saturated heterocycles. The normalized spacial score (nSPS) is 12.9. The molecule has 1 aromatic heterocycles. The summed E-state index contributed by atoms with van der Waals surface area (Å²) in [5.41, 5.74) is 13.5. The van der Waals surface area contributed by atoms with Crippen molar-refractivity contribution in [1.82, 2.24) is 10.2 Å². The quantitative estimate of drug-likeness (QED) is 0.621. The lowest BCUT2D eigenvalue weighted by Crippen LogP contribution is -2.30. The van der Waals surface area contributed by atoms with E-state index in [1.165, 1.54) is 0 Å². The van der Waals surface area contributed by atoms with E-state index < -0.39 is 0 Å². The third-order valence-electron chi connectivity index (χ3n) is 2.55. The molecule has 0 atom stereocenters. The fraction of sp³-hybridized carbons (Fsp3) is 0.100. The Balaban J connectivity index is 1.88. The Kier molecular flexibility index (Phi) is 1.97. The number of H-pyrrole nitrogens is 1. The summed E-state index contributed by atoms with van der Waals surface area (Å²) in [4.78, 5) is 0. The molecule has 0 unspecified atom stereocenters. The van der Waals surface area contributed by atoms with Crippen LogP contribution in [0, 0.1) is 0 Å². The first-order chi connectivity index (χ1) is 8.28. The summed E-state index contributed by atoms with van der Waals surface area (Å²) in [6.45, 7) is 0. The van der Waals surface area contributed by atoms with Crippen LogP contribution in [0.3, 0.4) is 0 Å². The molecule has 0 radical (unpaired) electrons. The predicted octanol–water partition coefficient (Wildman–Crippen LogP) is 1.17. The Labute approximate surface area is 97.5 Å². The molecule has 3 rings (SSSR count). The van der Waals surface area contributed by atoms with Gasteiger partial charge in [-0.25, -0.2) is 0 Å². The number of aromatic amines is 1. The van der Waals surface area contributed by atoms with E-state index in [4.69, 9.17) is 10.5 Å². The van der Waals surface area contributed by atoms with Crippen LogP contribution in [0.1, 0.15) is 0 Å². The van der Waals surface area contributed by atoms with Crippen LogP contribution in [0.4, 0.5) is 23.0 Å². The minimum absolute atomic E-state index is 0.498. The van der Waals surface area contributed by atoms with Crippen molar-refractivity contribution >= 4 is 23.0 Å². The van der Waals surface area contributed by atoms with Crippen LogP contribution in [0.5, 0.6) is 5.75 Å². The fourth-order valence-corrected chi connectivity index (χ4v) is 1.67. The fourth-order valence-electron chi connectivity index (χ4n) is 1.67. The minimum Gasteiger partial charge on any atom is -0.497 e. The number of anilines is 4. The number of benzene rings is 1. The van der Waals surface area contributed by atoms with Crippen molar-refractivity contribution in [3.63, 3.8) is 0 Å². The van der Waals surface area contributed by atoms with Gasteiger partial charge in [0.15, 0.2) is 5.82 Å². The van der Waals surface area contributed by atoms with Crippen molar-refractivity contribution in [3.05, 3.63) is 24.3 Å². The highest BCUT2D eigenvalue weighted by Gasteiger charge is 2.23. The number of hydrazine groups is 2. The standard InChI is InChI=1S/C10H12N6O/c1-17-7-4-2-3-6(5-7)16-14-8-9(11)12-13-10(8)15-16/h2-5,14H,1H3,(H4,11,12,13,15). The van der Waals surface area contributed by atoms with Crippen molar-refractivity contribution in [3.8, 4) is 5.75 Å². The lowest BCUT2D eigenvalue weighted by molar-refractivity contribution is 0.415. The van der Waals surface area contributed by atoms with Gasteiger partial charge in [-0.05, 0) is 12.1 Å². The van der Waals surface area contributed by atoms with Gasteiger partial charge in [-0.2, -0.15) is 10.2 Å².